The molecule has 2 amide bonds. The molecule has 0 aliphatic carbocycles. The van der Waals surface area contributed by atoms with Crippen molar-refractivity contribution in [2.24, 2.45) is 5.41 Å². The van der Waals surface area contributed by atoms with Crippen LogP contribution in [0.25, 0.3) is 0 Å². The van der Waals surface area contributed by atoms with E-state index in [-0.39, 0.29) is 18.4 Å². The Morgan fingerprint density at radius 1 is 1.33 bits per heavy atom. The summed E-state index contributed by atoms with van der Waals surface area (Å²) < 4.78 is 6.68. The van der Waals surface area contributed by atoms with E-state index in [2.05, 4.69) is 27.8 Å². The van der Waals surface area contributed by atoms with Gasteiger partial charge in [-0.15, -0.1) is 6.58 Å². The van der Waals surface area contributed by atoms with E-state index >= 15 is 0 Å². The van der Waals surface area contributed by atoms with Crippen LogP contribution in [-0.2, 0) is 4.79 Å². The number of anilines is 2. The Hall–Kier alpha value is -2.60. The average molecular weight is 429 g/mol. The highest BCUT2D eigenvalue weighted by atomic mass is 79.9. The van der Waals surface area contributed by atoms with Gasteiger partial charge < -0.3 is 15.0 Å². The monoisotopic (exact) mass is 428 g/mol. The number of fused-ring (bicyclic) bond motifs is 1. The zero-order valence-electron chi connectivity index (χ0n) is 15.3. The van der Waals surface area contributed by atoms with Gasteiger partial charge in [-0.1, -0.05) is 28.1 Å². The van der Waals surface area contributed by atoms with E-state index in [1.54, 1.807) is 47.4 Å². The van der Waals surface area contributed by atoms with Crippen molar-refractivity contribution >= 4 is 39.1 Å². The first-order chi connectivity index (χ1) is 12.8. The molecule has 0 fully saturated rings. The van der Waals surface area contributed by atoms with E-state index in [4.69, 9.17) is 4.74 Å². The Bertz CT molecular complexity index is 908. The maximum atomic E-state index is 12.9. The van der Waals surface area contributed by atoms with Gasteiger partial charge in [0.2, 0.25) is 5.91 Å². The molecule has 0 spiro atoms. The number of hydrogen-bond acceptors (Lipinski definition) is 3. The van der Waals surface area contributed by atoms with Crippen molar-refractivity contribution < 1.29 is 14.3 Å². The molecule has 0 saturated heterocycles. The topological polar surface area (TPSA) is 58.6 Å². The summed E-state index contributed by atoms with van der Waals surface area (Å²) in [5.41, 5.74) is 1.10. The largest absolute Gasteiger partial charge is 0.490 e. The zero-order chi connectivity index (χ0) is 19.6. The lowest BCUT2D eigenvalue weighted by atomic mass is 9.93. The number of hydrogen-bond donors (Lipinski definition) is 1. The predicted molar refractivity (Wildman–Crippen MR) is 110 cm³/mol. The van der Waals surface area contributed by atoms with Crippen LogP contribution >= 0.6 is 15.9 Å². The fraction of sp³-hybridized carbons (Fsp3) is 0.238. The van der Waals surface area contributed by atoms with Crippen LogP contribution in [0.5, 0.6) is 5.75 Å². The lowest BCUT2D eigenvalue weighted by Crippen LogP contribution is -2.42. The van der Waals surface area contributed by atoms with Crippen molar-refractivity contribution in [1.82, 2.24) is 0 Å². The van der Waals surface area contributed by atoms with Gasteiger partial charge in [0.25, 0.3) is 5.91 Å². The summed E-state index contributed by atoms with van der Waals surface area (Å²) in [6, 6.07) is 12.4. The molecule has 0 bridgehead atoms. The number of nitrogens with zero attached hydrogens (tertiary/aromatic N) is 1. The molecule has 27 heavy (non-hydrogen) atoms. The van der Waals surface area contributed by atoms with E-state index in [0.29, 0.717) is 29.2 Å². The highest BCUT2D eigenvalue weighted by Gasteiger charge is 2.37. The van der Waals surface area contributed by atoms with E-state index in [1.165, 1.54) is 0 Å². The summed E-state index contributed by atoms with van der Waals surface area (Å²) in [7, 11) is 0. The molecule has 0 saturated carbocycles. The van der Waals surface area contributed by atoms with Crippen LogP contribution in [0, 0.1) is 5.41 Å². The molecule has 140 valence electrons. The van der Waals surface area contributed by atoms with Gasteiger partial charge >= 0.3 is 0 Å². The first-order valence-corrected chi connectivity index (χ1v) is 9.38. The van der Waals surface area contributed by atoms with Gasteiger partial charge in [-0.2, -0.15) is 0 Å². The minimum Gasteiger partial charge on any atom is -0.490 e. The van der Waals surface area contributed by atoms with Gasteiger partial charge in [-0.25, -0.2) is 0 Å². The summed E-state index contributed by atoms with van der Waals surface area (Å²) >= 11 is 3.37. The molecule has 1 heterocycles. The van der Waals surface area contributed by atoms with Crippen molar-refractivity contribution in [2.45, 2.75) is 13.8 Å². The SMILES string of the molecule is C=CCN1C(=O)C(C)(C)COc2ccc(NC(=O)c3cccc(Br)c3)cc21. The molecule has 0 radical (unpaired) electrons. The molecule has 0 atom stereocenters. The molecule has 1 aliphatic rings. The second-order valence-electron chi connectivity index (χ2n) is 7.02. The molecule has 2 aromatic rings. The Morgan fingerprint density at radius 3 is 2.81 bits per heavy atom. The lowest BCUT2D eigenvalue weighted by Gasteiger charge is -2.27. The standard InChI is InChI=1S/C21H21BrN2O3/c1-4-10-24-17-12-16(23-19(25)14-6-5-7-15(22)11-14)8-9-18(17)27-13-21(2,3)20(24)26/h4-9,11-12H,1,10,13H2,2-3H3,(H,23,25). The number of ether oxygens (including phenoxy) is 1. The predicted octanol–water partition coefficient (Wildman–Crippen LogP) is 4.64. The quantitative estimate of drug-likeness (QED) is 0.721. The number of benzene rings is 2. The molecule has 5 nitrogen and oxygen atoms in total. The Labute approximate surface area is 167 Å². The molecule has 0 aromatic heterocycles. The fourth-order valence-electron chi connectivity index (χ4n) is 2.87. The molecule has 6 heteroatoms. The molecular weight excluding hydrogens is 408 g/mol. The summed E-state index contributed by atoms with van der Waals surface area (Å²) in [6.07, 6.45) is 1.68. The third-order valence-corrected chi connectivity index (χ3v) is 4.81. The summed E-state index contributed by atoms with van der Waals surface area (Å²) in [5, 5.41) is 2.88. The fourth-order valence-corrected chi connectivity index (χ4v) is 3.27. The van der Waals surface area contributed by atoms with Gasteiger partial charge in [-0.3, -0.25) is 9.59 Å². The van der Waals surface area contributed by atoms with Crippen LogP contribution in [-0.4, -0.2) is 25.0 Å². The third-order valence-electron chi connectivity index (χ3n) is 4.32. The third kappa shape index (κ3) is 4.06. The van der Waals surface area contributed by atoms with Crippen LogP contribution < -0.4 is 15.0 Å². The second kappa shape index (κ2) is 7.56. The average Bonchev–Trinajstić information content (AvgIpc) is 2.72. The van der Waals surface area contributed by atoms with Gasteiger partial charge in [0.05, 0.1) is 11.1 Å². The van der Waals surface area contributed by atoms with Crippen LogP contribution in [0.3, 0.4) is 0 Å². The van der Waals surface area contributed by atoms with Crippen LogP contribution in [0.4, 0.5) is 11.4 Å². The smallest absolute Gasteiger partial charge is 0.255 e. The van der Waals surface area contributed by atoms with Crippen molar-refractivity contribution in [1.29, 1.82) is 0 Å². The number of nitrogens with one attached hydrogen (secondary N) is 1. The normalized spacial score (nSPS) is 15.4. The van der Waals surface area contributed by atoms with Gasteiger partial charge in [-0.05, 0) is 50.2 Å². The Kier molecular flexibility index (Phi) is 5.37. The van der Waals surface area contributed by atoms with Gasteiger partial charge in [0.1, 0.15) is 12.4 Å². The summed E-state index contributed by atoms with van der Waals surface area (Å²) in [4.78, 5) is 27.1. The highest BCUT2D eigenvalue weighted by Crippen LogP contribution is 2.38. The van der Waals surface area contributed by atoms with Crippen molar-refractivity contribution in [2.75, 3.05) is 23.4 Å². The lowest BCUT2D eigenvalue weighted by molar-refractivity contribution is -0.127. The van der Waals surface area contributed by atoms with Crippen molar-refractivity contribution in [3.05, 3.63) is 65.2 Å². The van der Waals surface area contributed by atoms with Crippen LogP contribution in [0.15, 0.2) is 59.6 Å². The van der Waals surface area contributed by atoms with E-state index in [9.17, 15) is 9.59 Å². The molecule has 2 aromatic carbocycles. The van der Waals surface area contributed by atoms with Gasteiger partial charge in [0, 0.05) is 22.3 Å². The van der Waals surface area contributed by atoms with Crippen LogP contribution in [0.2, 0.25) is 0 Å². The maximum absolute atomic E-state index is 12.9. The minimum atomic E-state index is -0.651. The second-order valence-corrected chi connectivity index (χ2v) is 7.94. The number of carbonyl (C=O) groups excluding carboxylic acids is 2. The Morgan fingerprint density at radius 2 is 2.11 bits per heavy atom. The highest BCUT2D eigenvalue weighted by molar-refractivity contribution is 9.10. The number of rotatable bonds is 4. The molecule has 1 N–H and O–H groups in total. The van der Waals surface area contributed by atoms with E-state index in [1.807, 2.05) is 19.9 Å². The number of halogens is 1. The number of amides is 2. The molecule has 0 unspecified atom stereocenters. The summed E-state index contributed by atoms with van der Waals surface area (Å²) in [6.45, 7) is 8.11. The van der Waals surface area contributed by atoms with Crippen LogP contribution in [0.1, 0.15) is 24.2 Å². The first-order valence-electron chi connectivity index (χ1n) is 8.58. The van der Waals surface area contributed by atoms with Crippen molar-refractivity contribution in [3.63, 3.8) is 0 Å². The van der Waals surface area contributed by atoms with Gasteiger partial charge in [0.15, 0.2) is 0 Å². The number of carbonyl (C=O) groups is 2. The first kappa shape index (κ1) is 19.2. The molecular formula is C21H21BrN2O3. The molecule has 1 aliphatic heterocycles. The zero-order valence-corrected chi connectivity index (χ0v) is 16.9. The maximum Gasteiger partial charge on any atom is 0.255 e. The molecule has 3 rings (SSSR count). The van der Waals surface area contributed by atoms with E-state index in [0.717, 1.165) is 4.47 Å². The minimum absolute atomic E-state index is 0.0448. The Balaban J connectivity index is 1.93. The van der Waals surface area contributed by atoms with E-state index < -0.39 is 5.41 Å². The van der Waals surface area contributed by atoms with Crippen molar-refractivity contribution in [3.8, 4) is 5.75 Å². The summed E-state index contributed by atoms with van der Waals surface area (Å²) in [5.74, 6) is 0.334.